The molecule has 1 aromatic rings. The van der Waals surface area contributed by atoms with Crippen molar-refractivity contribution >= 4 is 11.9 Å². The molecule has 1 aromatic carbocycles. The highest BCUT2D eigenvalue weighted by atomic mass is 19.1. The maximum atomic E-state index is 12.6. The number of hydrogen-bond donors (Lipinski definition) is 2. The number of hydrogen-bond acceptors (Lipinski definition) is 3. The van der Waals surface area contributed by atoms with Crippen molar-refractivity contribution in [3.63, 3.8) is 0 Å². The average molecular weight is 259 g/mol. The largest absolute Gasteiger partial charge is 0.484 e. The smallest absolute Gasteiger partial charge is 0.328 e. The molecule has 0 aromatic heterocycles. The topological polar surface area (TPSA) is 75.6 Å². The van der Waals surface area contributed by atoms with Gasteiger partial charge in [0.15, 0.2) is 12.6 Å². The van der Waals surface area contributed by atoms with Crippen molar-refractivity contribution in [3.8, 4) is 5.75 Å². The van der Waals surface area contributed by atoms with Crippen molar-refractivity contribution in [2.75, 3.05) is 13.3 Å². The first-order chi connectivity index (χ1) is 8.52. The van der Waals surface area contributed by atoms with Gasteiger partial charge in [-0.3, -0.25) is 4.79 Å². The Morgan fingerprint density at radius 3 is 2.44 bits per heavy atom. The van der Waals surface area contributed by atoms with Crippen molar-refractivity contribution in [3.05, 3.63) is 30.1 Å². The van der Waals surface area contributed by atoms with E-state index in [2.05, 4.69) is 0 Å². The maximum absolute atomic E-state index is 12.6. The standard InChI is InChI=1S/C11H11F2NO4/c12-5-9(11(16)17)14-10(15)6-18-8-3-1-7(13)2-4-8/h1-4,9H,5-6H2,(H,14,15)(H,16,17). The number of nitrogens with one attached hydrogen (secondary N) is 1. The van der Waals surface area contributed by atoms with E-state index in [0.29, 0.717) is 0 Å². The van der Waals surface area contributed by atoms with Gasteiger partial charge in [-0.1, -0.05) is 0 Å². The van der Waals surface area contributed by atoms with E-state index >= 15 is 0 Å². The number of benzene rings is 1. The molecule has 0 aliphatic heterocycles. The molecule has 0 saturated heterocycles. The number of carboxylic acid groups (broad SMARTS) is 1. The fraction of sp³-hybridized carbons (Fsp3) is 0.273. The second-order valence-corrected chi connectivity index (χ2v) is 3.36. The fourth-order valence-corrected chi connectivity index (χ4v) is 1.08. The lowest BCUT2D eigenvalue weighted by Gasteiger charge is -2.11. The first-order valence-corrected chi connectivity index (χ1v) is 4.99. The molecule has 18 heavy (non-hydrogen) atoms. The van der Waals surface area contributed by atoms with Crippen molar-refractivity contribution in [2.45, 2.75) is 6.04 Å². The van der Waals surface area contributed by atoms with Crippen LogP contribution in [-0.2, 0) is 9.59 Å². The highest BCUT2D eigenvalue weighted by molar-refractivity contribution is 5.84. The molecular weight excluding hydrogens is 248 g/mol. The minimum atomic E-state index is -1.59. The summed E-state index contributed by atoms with van der Waals surface area (Å²) in [5, 5.41) is 10.4. The average Bonchev–Trinajstić information content (AvgIpc) is 2.35. The van der Waals surface area contributed by atoms with E-state index in [1.54, 1.807) is 0 Å². The summed E-state index contributed by atoms with van der Waals surface area (Å²) in [5.41, 5.74) is 0. The molecule has 1 rings (SSSR count). The quantitative estimate of drug-likeness (QED) is 0.790. The Labute approximate surface area is 101 Å². The van der Waals surface area contributed by atoms with Gasteiger partial charge in [-0.2, -0.15) is 0 Å². The number of halogens is 2. The maximum Gasteiger partial charge on any atom is 0.328 e. The van der Waals surface area contributed by atoms with Gasteiger partial charge in [0.05, 0.1) is 0 Å². The summed E-state index contributed by atoms with van der Waals surface area (Å²) in [5.74, 6) is -2.44. The van der Waals surface area contributed by atoms with Crippen LogP contribution in [0.15, 0.2) is 24.3 Å². The molecular formula is C11H11F2NO4. The number of carbonyl (C=O) groups is 2. The van der Waals surface area contributed by atoms with Crippen LogP contribution >= 0.6 is 0 Å². The summed E-state index contributed by atoms with van der Waals surface area (Å²) >= 11 is 0. The fourth-order valence-electron chi connectivity index (χ4n) is 1.08. The molecule has 0 bridgehead atoms. The van der Waals surface area contributed by atoms with E-state index in [4.69, 9.17) is 9.84 Å². The molecule has 0 fully saturated rings. The summed E-state index contributed by atoms with van der Waals surface area (Å²) in [6.07, 6.45) is 0. The molecule has 0 spiro atoms. The number of ether oxygens (including phenoxy) is 1. The summed E-state index contributed by atoms with van der Waals surface area (Å²) in [7, 11) is 0. The molecule has 98 valence electrons. The molecule has 1 unspecified atom stereocenters. The zero-order chi connectivity index (χ0) is 13.5. The van der Waals surface area contributed by atoms with Crippen molar-refractivity contribution in [1.82, 2.24) is 5.32 Å². The number of aliphatic carboxylic acids is 1. The van der Waals surface area contributed by atoms with Crippen LogP contribution < -0.4 is 10.1 Å². The Bertz CT molecular complexity index is 422. The lowest BCUT2D eigenvalue weighted by atomic mass is 10.3. The van der Waals surface area contributed by atoms with Gasteiger partial charge >= 0.3 is 5.97 Å². The first-order valence-electron chi connectivity index (χ1n) is 4.99. The van der Waals surface area contributed by atoms with E-state index in [-0.39, 0.29) is 5.75 Å². The van der Waals surface area contributed by atoms with Crippen LogP contribution in [-0.4, -0.2) is 36.3 Å². The van der Waals surface area contributed by atoms with Gasteiger partial charge in [0.25, 0.3) is 5.91 Å². The van der Waals surface area contributed by atoms with Crippen molar-refractivity contribution in [1.29, 1.82) is 0 Å². The molecule has 2 N–H and O–H groups in total. The zero-order valence-corrected chi connectivity index (χ0v) is 9.23. The minimum absolute atomic E-state index is 0.249. The minimum Gasteiger partial charge on any atom is -0.484 e. The van der Waals surface area contributed by atoms with Crippen LogP contribution in [0.25, 0.3) is 0 Å². The second kappa shape index (κ2) is 6.53. The van der Waals surface area contributed by atoms with E-state index in [9.17, 15) is 18.4 Å². The van der Waals surface area contributed by atoms with E-state index in [1.165, 1.54) is 12.1 Å². The van der Waals surface area contributed by atoms with E-state index in [0.717, 1.165) is 12.1 Å². The van der Waals surface area contributed by atoms with Gasteiger partial charge in [0.2, 0.25) is 0 Å². The molecule has 0 radical (unpaired) electrons. The summed E-state index contributed by atoms with van der Waals surface area (Å²) in [4.78, 5) is 21.7. The van der Waals surface area contributed by atoms with E-state index < -0.39 is 37.0 Å². The van der Waals surface area contributed by atoms with Crippen LogP contribution in [0.5, 0.6) is 5.75 Å². The van der Waals surface area contributed by atoms with Gasteiger partial charge in [-0.05, 0) is 24.3 Å². The summed E-state index contributed by atoms with van der Waals surface area (Å²) in [6.45, 7) is -1.69. The molecule has 1 atom stereocenters. The number of carboxylic acids is 1. The molecule has 7 heteroatoms. The number of carbonyl (C=O) groups excluding carboxylic acids is 1. The van der Waals surface area contributed by atoms with Crippen molar-refractivity contribution < 1.29 is 28.2 Å². The zero-order valence-electron chi connectivity index (χ0n) is 9.23. The van der Waals surface area contributed by atoms with E-state index in [1.807, 2.05) is 5.32 Å². The molecule has 0 heterocycles. The van der Waals surface area contributed by atoms with Gasteiger partial charge in [-0.15, -0.1) is 0 Å². The van der Waals surface area contributed by atoms with Gasteiger partial charge in [0, 0.05) is 0 Å². The number of alkyl halides is 1. The van der Waals surface area contributed by atoms with Gasteiger partial charge in [-0.25, -0.2) is 13.6 Å². The van der Waals surface area contributed by atoms with Gasteiger partial charge < -0.3 is 15.2 Å². The Hall–Kier alpha value is -2.18. The lowest BCUT2D eigenvalue weighted by Crippen LogP contribution is -2.44. The lowest BCUT2D eigenvalue weighted by molar-refractivity contribution is -0.142. The number of amides is 1. The predicted octanol–water partition coefficient (Wildman–Crippen LogP) is 0.743. The predicted molar refractivity (Wildman–Crippen MR) is 57.4 cm³/mol. The third-order valence-electron chi connectivity index (χ3n) is 1.97. The SMILES string of the molecule is O=C(COc1ccc(F)cc1)NC(CF)C(=O)O. The Morgan fingerprint density at radius 2 is 1.94 bits per heavy atom. The highest BCUT2D eigenvalue weighted by Gasteiger charge is 2.19. The summed E-state index contributed by atoms with van der Waals surface area (Å²) in [6, 6.07) is 3.33. The van der Waals surface area contributed by atoms with Crippen LogP contribution in [0.2, 0.25) is 0 Å². The molecule has 5 nitrogen and oxygen atoms in total. The van der Waals surface area contributed by atoms with Crippen LogP contribution in [0, 0.1) is 5.82 Å². The Kier molecular flexibility index (Phi) is 5.04. The molecule has 0 aliphatic carbocycles. The third kappa shape index (κ3) is 4.36. The van der Waals surface area contributed by atoms with Crippen LogP contribution in [0.1, 0.15) is 0 Å². The monoisotopic (exact) mass is 259 g/mol. The molecule has 1 amide bonds. The van der Waals surface area contributed by atoms with Gasteiger partial charge in [0.1, 0.15) is 18.2 Å². The van der Waals surface area contributed by atoms with Crippen LogP contribution in [0.3, 0.4) is 0 Å². The number of rotatable bonds is 6. The molecule has 0 aliphatic rings. The Morgan fingerprint density at radius 1 is 1.33 bits per heavy atom. The normalized spacial score (nSPS) is 11.7. The molecule has 0 saturated carbocycles. The van der Waals surface area contributed by atoms with Crippen LogP contribution in [0.4, 0.5) is 8.78 Å². The Balaban J connectivity index is 2.41. The van der Waals surface area contributed by atoms with Crippen molar-refractivity contribution in [2.24, 2.45) is 0 Å². The highest BCUT2D eigenvalue weighted by Crippen LogP contribution is 2.10. The second-order valence-electron chi connectivity index (χ2n) is 3.36. The summed E-state index contributed by atoms with van der Waals surface area (Å²) < 4.78 is 29.7. The third-order valence-corrected chi connectivity index (χ3v) is 1.97. The first kappa shape index (κ1) is 13.9.